The third-order valence-electron chi connectivity index (χ3n) is 4.17. The normalized spacial score (nSPS) is 24.5. The molecule has 0 bridgehead atoms. The molecule has 0 aromatic heterocycles. The van der Waals surface area contributed by atoms with E-state index in [0.29, 0.717) is 30.4 Å². The zero-order valence-electron chi connectivity index (χ0n) is 14.3. The van der Waals surface area contributed by atoms with Crippen molar-refractivity contribution < 1.29 is 23.7 Å². The highest BCUT2D eigenvalue weighted by Crippen LogP contribution is 2.41. The molecule has 2 N–H and O–H groups in total. The second-order valence-electron chi connectivity index (χ2n) is 6.34. The summed E-state index contributed by atoms with van der Waals surface area (Å²) in [7, 11) is 0. The molecule has 1 fully saturated rings. The summed E-state index contributed by atoms with van der Waals surface area (Å²) in [6.07, 6.45) is 1.60. The molecule has 1 aromatic carbocycles. The van der Waals surface area contributed by atoms with E-state index in [1.54, 1.807) is 18.2 Å². The SMILES string of the molecule is CC[C@@]1(C)Oc2ccc(NC(=O)NCC3(C)OCCCO3)cc2O1. The van der Waals surface area contributed by atoms with Gasteiger partial charge in [0.2, 0.25) is 5.79 Å². The van der Waals surface area contributed by atoms with Crippen LogP contribution in [-0.2, 0) is 9.47 Å². The maximum absolute atomic E-state index is 12.1. The van der Waals surface area contributed by atoms with Crippen molar-refractivity contribution in [3.8, 4) is 11.5 Å². The summed E-state index contributed by atoms with van der Waals surface area (Å²) in [5.41, 5.74) is 0.630. The molecular weight excluding hydrogens is 312 g/mol. The lowest BCUT2D eigenvalue weighted by atomic mass is 10.2. The van der Waals surface area contributed by atoms with E-state index in [2.05, 4.69) is 10.6 Å². The van der Waals surface area contributed by atoms with Gasteiger partial charge in [-0.15, -0.1) is 0 Å². The van der Waals surface area contributed by atoms with Gasteiger partial charge in [0, 0.05) is 25.1 Å². The Morgan fingerprint density at radius 1 is 1.12 bits per heavy atom. The number of urea groups is 1. The van der Waals surface area contributed by atoms with Crippen LogP contribution in [0.15, 0.2) is 18.2 Å². The second-order valence-corrected chi connectivity index (χ2v) is 6.34. The largest absolute Gasteiger partial charge is 0.449 e. The molecule has 132 valence electrons. The Balaban J connectivity index is 1.55. The lowest BCUT2D eigenvalue weighted by Crippen LogP contribution is -2.48. The van der Waals surface area contributed by atoms with Crippen LogP contribution in [-0.4, -0.2) is 37.4 Å². The third kappa shape index (κ3) is 3.73. The molecule has 2 heterocycles. The summed E-state index contributed by atoms with van der Waals surface area (Å²) in [6.45, 7) is 7.25. The van der Waals surface area contributed by atoms with Crippen LogP contribution in [0, 0.1) is 0 Å². The molecule has 0 radical (unpaired) electrons. The van der Waals surface area contributed by atoms with Crippen LogP contribution in [0.3, 0.4) is 0 Å². The Morgan fingerprint density at radius 3 is 2.54 bits per heavy atom. The lowest BCUT2D eigenvalue weighted by molar-refractivity contribution is -0.250. The monoisotopic (exact) mass is 336 g/mol. The van der Waals surface area contributed by atoms with E-state index in [4.69, 9.17) is 18.9 Å². The number of fused-ring (bicyclic) bond motifs is 1. The van der Waals surface area contributed by atoms with E-state index >= 15 is 0 Å². The van der Waals surface area contributed by atoms with Gasteiger partial charge in [-0.25, -0.2) is 4.79 Å². The van der Waals surface area contributed by atoms with Crippen LogP contribution in [0.2, 0.25) is 0 Å². The molecule has 0 aliphatic carbocycles. The first-order chi connectivity index (χ1) is 11.4. The number of ether oxygens (including phenoxy) is 4. The summed E-state index contributed by atoms with van der Waals surface area (Å²) in [6, 6.07) is 5.00. The van der Waals surface area contributed by atoms with Crippen molar-refractivity contribution in [2.24, 2.45) is 0 Å². The van der Waals surface area contributed by atoms with Gasteiger partial charge in [-0.05, 0) is 25.5 Å². The van der Waals surface area contributed by atoms with E-state index in [-0.39, 0.29) is 12.6 Å². The summed E-state index contributed by atoms with van der Waals surface area (Å²) in [4.78, 5) is 12.1. The van der Waals surface area contributed by atoms with Gasteiger partial charge in [0.15, 0.2) is 17.3 Å². The highest BCUT2D eigenvalue weighted by molar-refractivity contribution is 5.89. The Bertz CT molecular complexity index is 615. The molecule has 1 saturated heterocycles. The van der Waals surface area contributed by atoms with Gasteiger partial charge < -0.3 is 29.6 Å². The Kier molecular flexibility index (Phi) is 4.56. The van der Waals surface area contributed by atoms with Crippen molar-refractivity contribution in [1.29, 1.82) is 0 Å². The fourth-order valence-corrected chi connectivity index (χ4v) is 2.58. The number of carbonyl (C=O) groups excluding carboxylic acids is 1. The second kappa shape index (κ2) is 6.49. The van der Waals surface area contributed by atoms with Gasteiger partial charge >= 0.3 is 6.03 Å². The molecule has 0 spiro atoms. The first-order valence-electron chi connectivity index (χ1n) is 8.26. The molecule has 7 nitrogen and oxygen atoms in total. The highest BCUT2D eigenvalue weighted by atomic mass is 16.7. The average molecular weight is 336 g/mol. The number of amides is 2. The van der Waals surface area contributed by atoms with E-state index in [9.17, 15) is 4.79 Å². The number of carbonyl (C=O) groups is 1. The molecule has 3 rings (SSSR count). The average Bonchev–Trinajstić information content (AvgIpc) is 2.90. The van der Waals surface area contributed by atoms with Crippen molar-refractivity contribution in [3.05, 3.63) is 18.2 Å². The van der Waals surface area contributed by atoms with Gasteiger partial charge in [-0.3, -0.25) is 0 Å². The molecule has 2 aliphatic rings. The van der Waals surface area contributed by atoms with Gasteiger partial charge in [0.25, 0.3) is 0 Å². The number of anilines is 1. The molecule has 1 aromatic rings. The smallest absolute Gasteiger partial charge is 0.319 e. The highest BCUT2D eigenvalue weighted by Gasteiger charge is 2.35. The van der Waals surface area contributed by atoms with Crippen molar-refractivity contribution in [2.75, 3.05) is 25.1 Å². The minimum absolute atomic E-state index is 0.275. The molecule has 2 amide bonds. The van der Waals surface area contributed by atoms with Crippen LogP contribution in [0.1, 0.15) is 33.6 Å². The Labute approximate surface area is 141 Å². The quantitative estimate of drug-likeness (QED) is 0.884. The molecule has 0 saturated carbocycles. The standard InChI is InChI=1S/C17H24N2O5/c1-4-16(2)23-13-7-6-12(10-14(13)24-16)19-15(20)18-11-17(3)21-8-5-9-22-17/h6-7,10H,4-5,8-9,11H2,1-3H3,(H2,18,19,20)/t16-/m0/s1. The number of hydrogen-bond acceptors (Lipinski definition) is 5. The maximum atomic E-state index is 12.1. The van der Waals surface area contributed by atoms with E-state index < -0.39 is 11.6 Å². The molecule has 0 unspecified atom stereocenters. The fourth-order valence-electron chi connectivity index (χ4n) is 2.58. The summed E-state index contributed by atoms with van der Waals surface area (Å²) < 4.78 is 22.7. The van der Waals surface area contributed by atoms with Gasteiger partial charge in [-0.1, -0.05) is 6.92 Å². The van der Waals surface area contributed by atoms with Crippen LogP contribution < -0.4 is 20.1 Å². The van der Waals surface area contributed by atoms with Crippen LogP contribution in [0.25, 0.3) is 0 Å². The number of rotatable bonds is 4. The summed E-state index contributed by atoms with van der Waals surface area (Å²) >= 11 is 0. The molecule has 2 aliphatic heterocycles. The molecule has 24 heavy (non-hydrogen) atoms. The number of nitrogens with one attached hydrogen (secondary N) is 2. The van der Waals surface area contributed by atoms with Gasteiger partial charge in [0.05, 0.1) is 19.8 Å². The Hall–Kier alpha value is -1.99. The lowest BCUT2D eigenvalue weighted by Gasteiger charge is -2.33. The molecule has 7 heteroatoms. The minimum Gasteiger partial charge on any atom is -0.449 e. The van der Waals surface area contributed by atoms with Crippen LogP contribution >= 0.6 is 0 Å². The minimum atomic E-state index is -0.770. The van der Waals surface area contributed by atoms with Crippen molar-refractivity contribution in [1.82, 2.24) is 5.32 Å². The molecular formula is C17H24N2O5. The zero-order valence-corrected chi connectivity index (χ0v) is 14.3. The zero-order chi connectivity index (χ0) is 17.2. The van der Waals surface area contributed by atoms with E-state index in [1.165, 1.54) is 0 Å². The number of hydrogen-bond donors (Lipinski definition) is 2. The van der Waals surface area contributed by atoms with Gasteiger partial charge in [0.1, 0.15) is 0 Å². The number of benzene rings is 1. The molecule has 1 atom stereocenters. The van der Waals surface area contributed by atoms with Crippen LogP contribution in [0.4, 0.5) is 10.5 Å². The maximum Gasteiger partial charge on any atom is 0.319 e. The van der Waals surface area contributed by atoms with Gasteiger partial charge in [-0.2, -0.15) is 0 Å². The van der Waals surface area contributed by atoms with Crippen LogP contribution in [0.5, 0.6) is 11.5 Å². The topological polar surface area (TPSA) is 78.1 Å². The van der Waals surface area contributed by atoms with Crippen molar-refractivity contribution in [3.63, 3.8) is 0 Å². The first-order valence-corrected chi connectivity index (χ1v) is 8.26. The predicted octanol–water partition coefficient (Wildman–Crippen LogP) is 2.86. The van der Waals surface area contributed by atoms with E-state index in [0.717, 1.165) is 12.8 Å². The first kappa shape index (κ1) is 16.9. The van der Waals surface area contributed by atoms with Crippen molar-refractivity contribution >= 4 is 11.7 Å². The summed E-state index contributed by atoms with van der Waals surface area (Å²) in [5.74, 6) is -0.106. The Morgan fingerprint density at radius 2 is 1.83 bits per heavy atom. The van der Waals surface area contributed by atoms with E-state index in [1.807, 2.05) is 20.8 Å². The fraction of sp³-hybridized carbons (Fsp3) is 0.588. The predicted molar refractivity (Wildman–Crippen MR) is 88.3 cm³/mol. The summed E-state index contributed by atoms with van der Waals surface area (Å²) in [5, 5.41) is 5.54. The van der Waals surface area contributed by atoms with Crippen molar-refractivity contribution in [2.45, 2.75) is 45.2 Å². The third-order valence-corrected chi connectivity index (χ3v) is 4.17.